The van der Waals surface area contributed by atoms with Gasteiger partial charge < -0.3 is 10.1 Å². The lowest BCUT2D eigenvalue weighted by Crippen LogP contribution is -2.35. The highest BCUT2D eigenvalue weighted by molar-refractivity contribution is 5.45. The molecule has 1 aromatic carbocycles. The third-order valence-corrected chi connectivity index (χ3v) is 3.88. The molecular formula is C16H22N4O. The summed E-state index contributed by atoms with van der Waals surface area (Å²) in [6, 6.07) is 8.68. The summed E-state index contributed by atoms with van der Waals surface area (Å²) in [5.41, 5.74) is 4.81. The molecule has 0 unspecified atom stereocenters. The second kappa shape index (κ2) is 6.74. The van der Waals surface area contributed by atoms with Crippen LogP contribution in [0.2, 0.25) is 0 Å². The molecule has 1 aromatic heterocycles. The van der Waals surface area contributed by atoms with Crippen molar-refractivity contribution >= 4 is 5.69 Å². The molecule has 1 aliphatic rings. The van der Waals surface area contributed by atoms with Gasteiger partial charge in [0.25, 0.3) is 0 Å². The number of H-pyrrole nitrogens is 1. The van der Waals surface area contributed by atoms with E-state index in [1.165, 1.54) is 11.1 Å². The zero-order valence-electron chi connectivity index (χ0n) is 12.4. The zero-order valence-corrected chi connectivity index (χ0v) is 12.4. The van der Waals surface area contributed by atoms with Crippen LogP contribution in [-0.2, 0) is 17.8 Å². The van der Waals surface area contributed by atoms with Gasteiger partial charge in [0.1, 0.15) is 0 Å². The average Bonchev–Trinajstić information content (AvgIpc) is 2.93. The standard InChI is InChI=1S/C16H22N4O/c1-13-15(11-18-19-13)10-17-16-4-2-14(3-5-16)12-20-6-8-21-9-7-20/h2-5,11,17H,6-10,12H2,1H3,(H,18,19). The van der Waals surface area contributed by atoms with E-state index in [2.05, 4.69) is 44.7 Å². The normalized spacial score (nSPS) is 16.0. The van der Waals surface area contributed by atoms with Gasteiger partial charge in [-0.3, -0.25) is 10.00 Å². The van der Waals surface area contributed by atoms with Crippen LogP contribution in [0.5, 0.6) is 0 Å². The van der Waals surface area contributed by atoms with Crippen LogP contribution in [0, 0.1) is 6.92 Å². The Morgan fingerprint density at radius 1 is 1.24 bits per heavy atom. The molecule has 0 saturated carbocycles. The number of aromatic amines is 1. The topological polar surface area (TPSA) is 53.2 Å². The van der Waals surface area contributed by atoms with Crippen molar-refractivity contribution < 1.29 is 4.74 Å². The molecule has 0 aliphatic carbocycles. The lowest BCUT2D eigenvalue weighted by Gasteiger charge is -2.26. The first-order valence-electron chi connectivity index (χ1n) is 7.43. The van der Waals surface area contributed by atoms with E-state index in [0.717, 1.165) is 50.8 Å². The molecule has 5 heteroatoms. The summed E-state index contributed by atoms with van der Waals surface area (Å²) in [5.74, 6) is 0. The van der Waals surface area contributed by atoms with Crippen LogP contribution < -0.4 is 5.32 Å². The molecule has 3 rings (SSSR count). The Kier molecular flexibility index (Phi) is 4.52. The fourth-order valence-corrected chi connectivity index (χ4v) is 2.50. The van der Waals surface area contributed by atoms with Gasteiger partial charge in [0.2, 0.25) is 0 Å². The Hall–Kier alpha value is -1.85. The first-order valence-corrected chi connectivity index (χ1v) is 7.43. The summed E-state index contributed by atoms with van der Waals surface area (Å²) in [6.07, 6.45) is 1.87. The lowest BCUT2D eigenvalue weighted by atomic mass is 10.2. The second-order valence-corrected chi connectivity index (χ2v) is 5.46. The number of hydrogen-bond acceptors (Lipinski definition) is 4. The lowest BCUT2D eigenvalue weighted by molar-refractivity contribution is 0.0342. The zero-order chi connectivity index (χ0) is 14.5. The Labute approximate surface area is 125 Å². The van der Waals surface area contributed by atoms with Gasteiger partial charge >= 0.3 is 0 Å². The second-order valence-electron chi connectivity index (χ2n) is 5.46. The SMILES string of the molecule is Cc1[nH]ncc1CNc1ccc(CN2CCOCC2)cc1. The number of nitrogens with one attached hydrogen (secondary N) is 2. The van der Waals surface area contributed by atoms with E-state index in [1.807, 2.05) is 13.1 Å². The minimum Gasteiger partial charge on any atom is -0.381 e. The molecule has 2 heterocycles. The van der Waals surface area contributed by atoms with Gasteiger partial charge in [-0.05, 0) is 24.6 Å². The number of aryl methyl sites for hydroxylation is 1. The summed E-state index contributed by atoms with van der Waals surface area (Å²) in [4.78, 5) is 2.43. The van der Waals surface area contributed by atoms with Crippen LogP contribution in [0.25, 0.3) is 0 Å². The fourth-order valence-electron chi connectivity index (χ4n) is 2.50. The van der Waals surface area contributed by atoms with Crippen molar-refractivity contribution in [3.05, 3.63) is 47.3 Å². The average molecular weight is 286 g/mol. The van der Waals surface area contributed by atoms with E-state index in [0.29, 0.717) is 0 Å². The van der Waals surface area contributed by atoms with E-state index >= 15 is 0 Å². The molecule has 1 fully saturated rings. The molecule has 0 atom stereocenters. The van der Waals surface area contributed by atoms with Crippen LogP contribution in [0.15, 0.2) is 30.5 Å². The number of benzene rings is 1. The molecule has 5 nitrogen and oxygen atoms in total. The molecular weight excluding hydrogens is 264 g/mol. The number of anilines is 1. The summed E-state index contributed by atoms with van der Waals surface area (Å²) in [7, 11) is 0. The number of aromatic nitrogens is 2. The van der Waals surface area contributed by atoms with Crippen molar-refractivity contribution in [1.82, 2.24) is 15.1 Å². The van der Waals surface area contributed by atoms with Gasteiger partial charge in [-0.25, -0.2) is 0 Å². The summed E-state index contributed by atoms with van der Waals surface area (Å²) in [5, 5.41) is 10.4. The largest absolute Gasteiger partial charge is 0.381 e. The molecule has 2 N–H and O–H groups in total. The highest BCUT2D eigenvalue weighted by Gasteiger charge is 2.10. The first-order chi connectivity index (χ1) is 10.3. The van der Waals surface area contributed by atoms with Crippen molar-refractivity contribution in [1.29, 1.82) is 0 Å². The van der Waals surface area contributed by atoms with Crippen molar-refractivity contribution in [3.63, 3.8) is 0 Å². The maximum Gasteiger partial charge on any atom is 0.0594 e. The van der Waals surface area contributed by atoms with Gasteiger partial charge in [0.05, 0.1) is 19.4 Å². The molecule has 21 heavy (non-hydrogen) atoms. The number of nitrogens with zero attached hydrogens (tertiary/aromatic N) is 2. The van der Waals surface area contributed by atoms with E-state index < -0.39 is 0 Å². The van der Waals surface area contributed by atoms with Crippen molar-refractivity contribution in [2.24, 2.45) is 0 Å². The van der Waals surface area contributed by atoms with E-state index in [4.69, 9.17) is 4.74 Å². The maximum absolute atomic E-state index is 5.37. The Bertz CT molecular complexity index is 558. The smallest absolute Gasteiger partial charge is 0.0594 e. The molecule has 1 saturated heterocycles. The third-order valence-electron chi connectivity index (χ3n) is 3.88. The van der Waals surface area contributed by atoms with Gasteiger partial charge in [-0.15, -0.1) is 0 Å². The predicted molar refractivity (Wildman–Crippen MR) is 83.2 cm³/mol. The minimum absolute atomic E-state index is 0.797. The van der Waals surface area contributed by atoms with Crippen molar-refractivity contribution in [2.75, 3.05) is 31.6 Å². The van der Waals surface area contributed by atoms with Gasteiger partial charge in [-0.1, -0.05) is 12.1 Å². The highest BCUT2D eigenvalue weighted by atomic mass is 16.5. The molecule has 0 amide bonds. The molecule has 1 aliphatic heterocycles. The molecule has 112 valence electrons. The Morgan fingerprint density at radius 3 is 2.67 bits per heavy atom. The molecule has 0 bridgehead atoms. The summed E-state index contributed by atoms with van der Waals surface area (Å²) in [6.45, 7) is 7.60. The molecule has 0 radical (unpaired) electrons. The van der Waals surface area contributed by atoms with Gasteiger partial charge in [0.15, 0.2) is 0 Å². The fraction of sp³-hybridized carbons (Fsp3) is 0.438. The third kappa shape index (κ3) is 3.83. The van der Waals surface area contributed by atoms with Crippen molar-refractivity contribution in [2.45, 2.75) is 20.0 Å². The van der Waals surface area contributed by atoms with Gasteiger partial charge in [0, 0.05) is 43.1 Å². The summed E-state index contributed by atoms with van der Waals surface area (Å²) >= 11 is 0. The monoisotopic (exact) mass is 286 g/mol. The van der Waals surface area contributed by atoms with E-state index in [1.54, 1.807) is 0 Å². The number of morpholine rings is 1. The van der Waals surface area contributed by atoms with E-state index in [-0.39, 0.29) is 0 Å². The predicted octanol–water partition coefficient (Wildman–Crippen LogP) is 2.16. The van der Waals surface area contributed by atoms with Crippen LogP contribution in [-0.4, -0.2) is 41.4 Å². The minimum atomic E-state index is 0.797. The Balaban J connectivity index is 1.52. The first kappa shape index (κ1) is 14.1. The van der Waals surface area contributed by atoms with Crippen LogP contribution in [0.1, 0.15) is 16.8 Å². The van der Waals surface area contributed by atoms with Crippen LogP contribution in [0.3, 0.4) is 0 Å². The Morgan fingerprint density at radius 2 is 2.00 bits per heavy atom. The number of ether oxygens (including phenoxy) is 1. The highest BCUT2D eigenvalue weighted by Crippen LogP contribution is 2.14. The maximum atomic E-state index is 5.37. The molecule has 2 aromatic rings. The summed E-state index contributed by atoms with van der Waals surface area (Å²) < 4.78 is 5.37. The molecule has 0 spiro atoms. The van der Waals surface area contributed by atoms with Gasteiger partial charge in [-0.2, -0.15) is 5.10 Å². The van der Waals surface area contributed by atoms with Crippen LogP contribution in [0.4, 0.5) is 5.69 Å². The quantitative estimate of drug-likeness (QED) is 0.884. The number of rotatable bonds is 5. The van der Waals surface area contributed by atoms with E-state index in [9.17, 15) is 0 Å². The van der Waals surface area contributed by atoms with Crippen LogP contribution >= 0.6 is 0 Å². The number of hydrogen-bond donors (Lipinski definition) is 2. The van der Waals surface area contributed by atoms with Crippen molar-refractivity contribution in [3.8, 4) is 0 Å².